The molecule has 14 heteroatoms. The van der Waals surface area contributed by atoms with Crippen LogP contribution in [0.4, 0.5) is 0 Å². The van der Waals surface area contributed by atoms with E-state index < -0.39 is 86.8 Å². The molecular weight excluding hydrogens is 955 g/mol. The molecule has 0 aromatic carbocycles. The van der Waals surface area contributed by atoms with Crippen LogP contribution in [0.3, 0.4) is 0 Å². The first-order valence-electron chi connectivity index (χ1n) is 30.4. The van der Waals surface area contributed by atoms with Crippen LogP contribution in [0.25, 0.3) is 0 Å². The molecule has 0 aliphatic carbocycles. The van der Waals surface area contributed by atoms with Gasteiger partial charge < -0.3 is 65.1 Å². The Morgan fingerprint density at radius 2 is 0.920 bits per heavy atom. The quantitative estimate of drug-likeness (QED) is 0.0204. The highest BCUT2D eigenvalue weighted by Crippen LogP contribution is 2.30. The van der Waals surface area contributed by atoms with E-state index >= 15 is 0 Å². The third kappa shape index (κ3) is 32.6. The Bertz CT molecular complexity index is 1440. The Balaban J connectivity index is 1.74. The summed E-state index contributed by atoms with van der Waals surface area (Å²) in [7, 11) is 0. The minimum absolute atomic E-state index is 0.256. The summed E-state index contributed by atoms with van der Waals surface area (Å²) in [6.45, 7) is 2.68. The largest absolute Gasteiger partial charge is 0.394 e. The maximum absolute atomic E-state index is 13.2. The molecule has 438 valence electrons. The molecule has 2 aliphatic rings. The van der Waals surface area contributed by atoms with E-state index in [-0.39, 0.29) is 18.9 Å². The highest BCUT2D eigenvalue weighted by atomic mass is 16.7. The fraction of sp³-hybridized carbons (Fsp3) is 0.852. The number of hydrogen-bond acceptors (Lipinski definition) is 13. The Morgan fingerprint density at radius 3 is 1.41 bits per heavy atom. The number of allylic oxidation sites excluding steroid dienone is 7. The zero-order valence-corrected chi connectivity index (χ0v) is 47.0. The van der Waals surface area contributed by atoms with Crippen LogP contribution in [0.5, 0.6) is 0 Å². The number of ether oxygens (including phenoxy) is 4. The smallest absolute Gasteiger partial charge is 0.220 e. The molecule has 14 nitrogen and oxygen atoms in total. The molecule has 2 saturated heterocycles. The molecule has 2 aliphatic heterocycles. The number of aliphatic hydroxyl groups is 8. The predicted octanol–water partition coefficient (Wildman–Crippen LogP) is 10.4. The molecule has 1 amide bonds. The molecule has 0 spiro atoms. The van der Waals surface area contributed by atoms with Gasteiger partial charge in [0.15, 0.2) is 12.6 Å². The molecule has 0 aromatic heterocycles. The zero-order valence-electron chi connectivity index (χ0n) is 47.0. The van der Waals surface area contributed by atoms with Crippen molar-refractivity contribution >= 4 is 5.91 Å². The summed E-state index contributed by atoms with van der Waals surface area (Å²) in [5, 5.41) is 87.1. The summed E-state index contributed by atoms with van der Waals surface area (Å²) in [6.07, 6.45) is 41.6. The van der Waals surface area contributed by atoms with Gasteiger partial charge in [0.25, 0.3) is 0 Å². The van der Waals surface area contributed by atoms with Crippen molar-refractivity contribution in [1.82, 2.24) is 5.32 Å². The lowest BCUT2D eigenvalue weighted by Crippen LogP contribution is -2.65. The van der Waals surface area contributed by atoms with Gasteiger partial charge in [0.2, 0.25) is 5.91 Å². The van der Waals surface area contributed by atoms with Crippen LogP contribution in [0, 0.1) is 0 Å². The van der Waals surface area contributed by atoms with Crippen molar-refractivity contribution in [3.05, 3.63) is 48.6 Å². The van der Waals surface area contributed by atoms with Gasteiger partial charge in [0.1, 0.15) is 48.8 Å². The molecule has 0 saturated carbocycles. The lowest BCUT2D eigenvalue weighted by Gasteiger charge is -2.46. The number of amides is 1. The lowest BCUT2D eigenvalue weighted by atomic mass is 9.97. The third-order valence-corrected chi connectivity index (χ3v) is 14.8. The molecular formula is C61H111NO13. The Kier molecular flexibility index (Phi) is 43.1. The fourth-order valence-electron chi connectivity index (χ4n) is 9.90. The predicted molar refractivity (Wildman–Crippen MR) is 300 cm³/mol. The van der Waals surface area contributed by atoms with Gasteiger partial charge in [-0.3, -0.25) is 4.79 Å². The van der Waals surface area contributed by atoms with E-state index in [0.717, 1.165) is 70.6 Å². The number of unbranched alkanes of at least 4 members (excludes halogenated alkanes) is 29. The summed E-state index contributed by atoms with van der Waals surface area (Å²) in [4.78, 5) is 13.2. The SMILES string of the molecule is CC/C=C\C/C=C\C/C=C\CCCCCCCC(=O)NC(COC1OC(CO)C(OC2OC(CO)C(O)C(O)C2O)C(O)C1O)C(O)/C=C/CCCCCCCCCCCCCCCCCCCCCCCCCC. The molecule has 0 bridgehead atoms. The second-order valence-electron chi connectivity index (χ2n) is 21.5. The average molecular weight is 1070 g/mol. The number of carbonyl (C=O) groups is 1. The first-order chi connectivity index (χ1) is 36.6. The summed E-state index contributed by atoms with van der Waals surface area (Å²) in [5.41, 5.74) is 0. The second-order valence-corrected chi connectivity index (χ2v) is 21.5. The highest BCUT2D eigenvalue weighted by Gasteiger charge is 2.51. The van der Waals surface area contributed by atoms with E-state index in [1.165, 1.54) is 141 Å². The van der Waals surface area contributed by atoms with Crippen molar-refractivity contribution in [3.63, 3.8) is 0 Å². The standard InChI is InChI=1S/C61H111NO13/c1-3-5-7-9-11-13-15-17-19-20-21-22-23-24-25-26-27-28-29-31-32-34-36-38-40-42-44-50(65)49(62-53(66)45-43-41-39-37-35-33-30-18-16-14-12-10-8-6-4-2)48-72-60-58(71)56(69)59(52(47-64)74-60)75-61-57(70)55(68)54(67)51(46-63)73-61/h6,8,12,14,18,30,42,44,49-52,54-61,63-65,67-71H,3-5,7,9-11,13,15-17,19-29,31-41,43,45-48H2,1-2H3,(H,62,66)/b8-6-,14-12-,30-18-,44-42+. The van der Waals surface area contributed by atoms with Crippen LogP contribution in [-0.4, -0.2) is 140 Å². The second kappa shape index (κ2) is 46.8. The Labute approximate surface area is 454 Å². The van der Waals surface area contributed by atoms with Crippen molar-refractivity contribution in [2.45, 2.75) is 312 Å². The van der Waals surface area contributed by atoms with Crippen molar-refractivity contribution in [2.75, 3.05) is 19.8 Å². The van der Waals surface area contributed by atoms with E-state index in [9.17, 15) is 45.6 Å². The van der Waals surface area contributed by atoms with Gasteiger partial charge in [0, 0.05) is 6.42 Å². The minimum atomic E-state index is -1.79. The lowest BCUT2D eigenvalue weighted by molar-refractivity contribution is -0.359. The van der Waals surface area contributed by atoms with Gasteiger partial charge in [-0.05, 0) is 51.4 Å². The van der Waals surface area contributed by atoms with E-state index in [2.05, 4.69) is 55.6 Å². The monoisotopic (exact) mass is 1070 g/mol. The summed E-state index contributed by atoms with van der Waals surface area (Å²) in [6, 6.07) is -0.925. The van der Waals surface area contributed by atoms with E-state index in [1.54, 1.807) is 6.08 Å². The zero-order chi connectivity index (χ0) is 54.6. The number of carbonyl (C=O) groups excluding carboxylic acids is 1. The Hall–Kier alpha value is -2.05. The molecule has 75 heavy (non-hydrogen) atoms. The molecule has 12 atom stereocenters. The molecule has 9 N–H and O–H groups in total. The summed E-state index contributed by atoms with van der Waals surface area (Å²) < 4.78 is 22.8. The molecule has 12 unspecified atom stereocenters. The average Bonchev–Trinajstić information content (AvgIpc) is 3.41. The van der Waals surface area contributed by atoms with E-state index in [0.29, 0.717) is 6.42 Å². The van der Waals surface area contributed by atoms with Crippen LogP contribution in [-0.2, 0) is 23.7 Å². The normalized spacial score (nSPS) is 25.4. The molecule has 2 rings (SSSR count). The van der Waals surface area contributed by atoms with Gasteiger partial charge in [-0.15, -0.1) is 0 Å². The number of rotatable bonds is 48. The number of nitrogens with one attached hydrogen (secondary N) is 1. The number of hydrogen-bond donors (Lipinski definition) is 9. The summed E-state index contributed by atoms with van der Waals surface area (Å²) in [5.74, 6) is -0.256. The third-order valence-electron chi connectivity index (χ3n) is 14.8. The van der Waals surface area contributed by atoms with Crippen molar-refractivity contribution in [2.24, 2.45) is 0 Å². The fourth-order valence-corrected chi connectivity index (χ4v) is 9.90. The minimum Gasteiger partial charge on any atom is -0.394 e. The highest BCUT2D eigenvalue weighted by molar-refractivity contribution is 5.76. The van der Waals surface area contributed by atoms with Gasteiger partial charge >= 0.3 is 0 Å². The van der Waals surface area contributed by atoms with Crippen LogP contribution in [0.15, 0.2) is 48.6 Å². The number of aliphatic hydroxyl groups excluding tert-OH is 8. The molecule has 0 aromatic rings. The van der Waals surface area contributed by atoms with Gasteiger partial charge in [0.05, 0.1) is 32.0 Å². The first-order valence-corrected chi connectivity index (χ1v) is 30.4. The molecule has 2 heterocycles. The van der Waals surface area contributed by atoms with Crippen molar-refractivity contribution < 1.29 is 64.6 Å². The van der Waals surface area contributed by atoms with Crippen LogP contribution >= 0.6 is 0 Å². The van der Waals surface area contributed by atoms with Crippen LogP contribution in [0.2, 0.25) is 0 Å². The van der Waals surface area contributed by atoms with Crippen LogP contribution < -0.4 is 5.32 Å². The van der Waals surface area contributed by atoms with Gasteiger partial charge in [-0.2, -0.15) is 0 Å². The molecule has 2 fully saturated rings. The topological polar surface area (TPSA) is 228 Å². The van der Waals surface area contributed by atoms with Crippen molar-refractivity contribution in [3.8, 4) is 0 Å². The van der Waals surface area contributed by atoms with E-state index in [1.807, 2.05) is 6.08 Å². The Morgan fingerprint density at radius 1 is 0.493 bits per heavy atom. The van der Waals surface area contributed by atoms with E-state index in [4.69, 9.17) is 18.9 Å². The van der Waals surface area contributed by atoms with Gasteiger partial charge in [-0.1, -0.05) is 229 Å². The van der Waals surface area contributed by atoms with Crippen molar-refractivity contribution in [1.29, 1.82) is 0 Å². The maximum atomic E-state index is 13.2. The molecule has 0 radical (unpaired) electrons. The maximum Gasteiger partial charge on any atom is 0.220 e. The van der Waals surface area contributed by atoms with Gasteiger partial charge in [-0.25, -0.2) is 0 Å². The summed E-state index contributed by atoms with van der Waals surface area (Å²) >= 11 is 0. The van der Waals surface area contributed by atoms with Crippen LogP contribution in [0.1, 0.15) is 239 Å². The first kappa shape index (κ1) is 69.1.